The number of hydrogen-bond donors (Lipinski definition) is 1. The van der Waals surface area contributed by atoms with Crippen LogP contribution in [0.15, 0.2) is 42.6 Å². The van der Waals surface area contributed by atoms with Gasteiger partial charge in [-0.05, 0) is 37.1 Å². The van der Waals surface area contributed by atoms with Gasteiger partial charge in [-0.3, -0.25) is 9.59 Å². The van der Waals surface area contributed by atoms with Crippen molar-refractivity contribution < 1.29 is 19.1 Å². The number of rotatable bonds is 5. The molecule has 4 rings (SSSR count). The van der Waals surface area contributed by atoms with E-state index in [0.29, 0.717) is 18.0 Å². The fraction of sp³-hybridized carbons (Fsp3) is 0.333. The first-order valence-electron chi connectivity index (χ1n) is 10.3. The van der Waals surface area contributed by atoms with E-state index in [-0.39, 0.29) is 30.4 Å². The Bertz CT molecular complexity index is 1010. The fourth-order valence-electron chi connectivity index (χ4n) is 4.10. The van der Waals surface area contributed by atoms with E-state index in [2.05, 4.69) is 5.32 Å². The topological polar surface area (TPSA) is 67.9 Å². The van der Waals surface area contributed by atoms with Gasteiger partial charge in [0.25, 0.3) is 0 Å². The number of carbonyl (C=O) groups excluding carboxylic acids is 2. The van der Waals surface area contributed by atoms with Gasteiger partial charge >= 0.3 is 0 Å². The third kappa shape index (κ3) is 3.90. The molecule has 6 heteroatoms. The highest BCUT2D eigenvalue weighted by Crippen LogP contribution is 2.39. The average Bonchev–Trinajstić information content (AvgIpc) is 3.07. The molecule has 1 N–H and O–H groups in total. The van der Waals surface area contributed by atoms with Crippen LogP contribution in [0, 0.1) is 0 Å². The van der Waals surface area contributed by atoms with Gasteiger partial charge in [-0.2, -0.15) is 0 Å². The van der Waals surface area contributed by atoms with E-state index in [4.69, 9.17) is 9.47 Å². The molecule has 0 aromatic heterocycles. The lowest BCUT2D eigenvalue weighted by Crippen LogP contribution is -2.33. The summed E-state index contributed by atoms with van der Waals surface area (Å²) < 4.78 is 11.6. The number of carbonyl (C=O) groups is 2. The summed E-state index contributed by atoms with van der Waals surface area (Å²) in [5.74, 6) is 1.11. The molecule has 2 heterocycles. The number of ether oxygens (including phenoxy) is 2. The minimum atomic E-state index is -0.357. The highest BCUT2D eigenvalue weighted by Gasteiger charge is 2.29. The Morgan fingerprint density at radius 2 is 2.07 bits per heavy atom. The number of fused-ring (bicyclic) bond motifs is 2. The van der Waals surface area contributed by atoms with E-state index in [1.165, 1.54) is 6.92 Å². The standard InChI is InChI=1S/C24H26N2O4/c1-4-29-23-12-18-11-15(2)30-22(18)13-20(23)25-24(28)14-21-19-8-6-5-7-17(19)9-10-26(21)16(3)27/h5-10,12-13,15,21H,4,11,14H2,1-3H3,(H,25,28)/t15-,21+/m0/s1. The maximum Gasteiger partial charge on any atom is 0.226 e. The van der Waals surface area contributed by atoms with Crippen LogP contribution in [-0.4, -0.2) is 29.4 Å². The molecule has 2 aromatic carbocycles. The van der Waals surface area contributed by atoms with E-state index in [0.717, 1.165) is 28.9 Å². The molecule has 0 bridgehead atoms. The van der Waals surface area contributed by atoms with E-state index in [1.54, 1.807) is 11.1 Å². The molecule has 6 nitrogen and oxygen atoms in total. The summed E-state index contributed by atoms with van der Waals surface area (Å²) in [5, 5.41) is 2.97. The molecule has 156 valence electrons. The van der Waals surface area contributed by atoms with Gasteiger partial charge in [0.15, 0.2) is 0 Å². The Hall–Kier alpha value is -3.28. The van der Waals surface area contributed by atoms with Crippen molar-refractivity contribution in [1.82, 2.24) is 4.90 Å². The third-order valence-electron chi connectivity index (χ3n) is 5.42. The van der Waals surface area contributed by atoms with Crippen LogP contribution in [-0.2, 0) is 16.0 Å². The first kappa shape index (κ1) is 20.0. The lowest BCUT2D eigenvalue weighted by Gasteiger charge is -2.32. The van der Waals surface area contributed by atoms with Crippen LogP contribution >= 0.6 is 0 Å². The van der Waals surface area contributed by atoms with Crippen LogP contribution in [0.3, 0.4) is 0 Å². The second-order valence-corrected chi connectivity index (χ2v) is 7.66. The van der Waals surface area contributed by atoms with Crippen molar-refractivity contribution in [1.29, 1.82) is 0 Å². The third-order valence-corrected chi connectivity index (χ3v) is 5.42. The Kier molecular flexibility index (Phi) is 5.48. The highest BCUT2D eigenvalue weighted by atomic mass is 16.5. The van der Waals surface area contributed by atoms with Gasteiger partial charge in [0.1, 0.15) is 17.6 Å². The number of hydrogen-bond acceptors (Lipinski definition) is 4. The summed E-state index contributed by atoms with van der Waals surface area (Å²) in [7, 11) is 0. The highest BCUT2D eigenvalue weighted by molar-refractivity contribution is 5.94. The summed E-state index contributed by atoms with van der Waals surface area (Å²) >= 11 is 0. The predicted molar refractivity (Wildman–Crippen MR) is 115 cm³/mol. The fourth-order valence-corrected chi connectivity index (χ4v) is 4.10. The molecule has 0 radical (unpaired) electrons. The number of benzene rings is 2. The zero-order valence-electron chi connectivity index (χ0n) is 17.5. The molecular formula is C24H26N2O4. The minimum absolute atomic E-state index is 0.103. The monoisotopic (exact) mass is 406 g/mol. The van der Waals surface area contributed by atoms with Crippen molar-refractivity contribution in [3.05, 3.63) is 59.3 Å². The van der Waals surface area contributed by atoms with Gasteiger partial charge in [0.05, 0.1) is 24.8 Å². The van der Waals surface area contributed by atoms with Crippen LogP contribution in [0.1, 0.15) is 49.9 Å². The largest absolute Gasteiger partial charge is 0.492 e. The molecule has 2 aromatic rings. The SMILES string of the molecule is CCOc1cc2c(cc1NC(=O)C[C@@H]1c3ccccc3C=CN1C(C)=O)O[C@@H](C)C2. The number of anilines is 1. The lowest BCUT2D eigenvalue weighted by molar-refractivity contribution is -0.129. The zero-order valence-corrected chi connectivity index (χ0v) is 17.5. The van der Waals surface area contributed by atoms with Crippen LogP contribution in [0.5, 0.6) is 11.5 Å². The Labute approximate surface area is 176 Å². The second-order valence-electron chi connectivity index (χ2n) is 7.66. The molecular weight excluding hydrogens is 380 g/mol. The van der Waals surface area contributed by atoms with Crippen molar-refractivity contribution in [2.45, 2.75) is 45.8 Å². The van der Waals surface area contributed by atoms with Gasteiger partial charge in [0.2, 0.25) is 11.8 Å². The van der Waals surface area contributed by atoms with Gasteiger partial charge in [0, 0.05) is 31.2 Å². The summed E-state index contributed by atoms with van der Waals surface area (Å²) in [5.41, 5.74) is 3.64. The molecule has 2 amide bonds. The van der Waals surface area contributed by atoms with Gasteiger partial charge in [-0.25, -0.2) is 0 Å². The van der Waals surface area contributed by atoms with Crippen LogP contribution in [0.2, 0.25) is 0 Å². The van der Waals surface area contributed by atoms with Crippen LogP contribution in [0.25, 0.3) is 6.08 Å². The predicted octanol–water partition coefficient (Wildman–Crippen LogP) is 4.31. The van der Waals surface area contributed by atoms with Crippen molar-refractivity contribution in [3.8, 4) is 11.5 Å². The van der Waals surface area contributed by atoms with Crippen LogP contribution in [0.4, 0.5) is 5.69 Å². The van der Waals surface area contributed by atoms with E-state index in [9.17, 15) is 9.59 Å². The first-order valence-corrected chi connectivity index (χ1v) is 10.3. The smallest absolute Gasteiger partial charge is 0.226 e. The summed E-state index contributed by atoms with van der Waals surface area (Å²) in [6, 6.07) is 11.2. The van der Waals surface area contributed by atoms with Crippen molar-refractivity contribution in [2.24, 2.45) is 0 Å². The molecule has 0 unspecified atom stereocenters. The molecule has 30 heavy (non-hydrogen) atoms. The first-order chi connectivity index (χ1) is 14.5. The van der Waals surface area contributed by atoms with Crippen molar-refractivity contribution in [2.75, 3.05) is 11.9 Å². The molecule has 2 atom stereocenters. The Balaban J connectivity index is 1.58. The molecule has 0 aliphatic carbocycles. The van der Waals surface area contributed by atoms with Gasteiger partial charge < -0.3 is 19.7 Å². The molecule has 2 aliphatic heterocycles. The van der Waals surface area contributed by atoms with Crippen molar-refractivity contribution in [3.63, 3.8) is 0 Å². The Morgan fingerprint density at radius 3 is 2.83 bits per heavy atom. The van der Waals surface area contributed by atoms with Gasteiger partial charge in [-0.15, -0.1) is 0 Å². The molecule has 0 spiro atoms. The maximum absolute atomic E-state index is 13.0. The lowest BCUT2D eigenvalue weighted by atomic mass is 9.93. The number of nitrogens with one attached hydrogen (secondary N) is 1. The molecule has 0 saturated carbocycles. The van der Waals surface area contributed by atoms with Gasteiger partial charge in [-0.1, -0.05) is 24.3 Å². The minimum Gasteiger partial charge on any atom is -0.492 e. The molecule has 0 saturated heterocycles. The average molecular weight is 406 g/mol. The van der Waals surface area contributed by atoms with E-state index < -0.39 is 0 Å². The maximum atomic E-state index is 13.0. The zero-order chi connectivity index (χ0) is 21.3. The summed E-state index contributed by atoms with van der Waals surface area (Å²) in [6.07, 6.45) is 4.72. The second kappa shape index (κ2) is 8.22. The van der Waals surface area contributed by atoms with Crippen LogP contribution < -0.4 is 14.8 Å². The number of amides is 2. The van der Waals surface area contributed by atoms with Crippen molar-refractivity contribution >= 4 is 23.6 Å². The molecule has 2 aliphatic rings. The molecule has 0 fully saturated rings. The van der Waals surface area contributed by atoms with E-state index in [1.807, 2.05) is 56.3 Å². The summed E-state index contributed by atoms with van der Waals surface area (Å²) in [6.45, 7) is 5.93. The quantitative estimate of drug-likeness (QED) is 0.803. The number of nitrogens with zero attached hydrogens (tertiary/aromatic N) is 1. The Morgan fingerprint density at radius 1 is 1.27 bits per heavy atom. The normalized spacial score (nSPS) is 19.0. The van der Waals surface area contributed by atoms with E-state index >= 15 is 0 Å². The summed E-state index contributed by atoms with van der Waals surface area (Å²) in [4.78, 5) is 26.8.